The minimum absolute atomic E-state index is 0.0145. The van der Waals surface area contributed by atoms with Crippen molar-refractivity contribution in [3.63, 3.8) is 0 Å². The average molecular weight is 382 g/mol. The minimum atomic E-state index is 0.0145. The number of fused-ring (bicyclic) bond motifs is 2. The van der Waals surface area contributed by atoms with Crippen LogP contribution in [0.15, 0.2) is 42.0 Å². The molecule has 2 aliphatic rings. The lowest BCUT2D eigenvalue weighted by Gasteiger charge is -2.38. The highest BCUT2D eigenvalue weighted by molar-refractivity contribution is 7.15. The summed E-state index contributed by atoms with van der Waals surface area (Å²) in [5, 5.41) is 5.02. The van der Waals surface area contributed by atoms with Gasteiger partial charge in [-0.3, -0.25) is 9.30 Å². The zero-order valence-corrected chi connectivity index (χ0v) is 16.0. The molecule has 7 heteroatoms. The molecule has 3 aromatic rings. The van der Waals surface area contributed by atoms with Crippen LogP contribution in [0.25, 0.3) is 4.96 Å². The SMILES string of the molecule is O=C(NCc1cn2ccsc2n1)N1CCN(C2Cc3ccccc3C2)CC1. The van der Waals surface area contributed by atoms with Gasteiger partial charge in [-0.15, -0.1) is 11.3 Å². The Morgan fingerprint density at radius 1 is 1.15 bits per heavy atom. The van der Waals surface area contributed by atoms with Crippen LogP contribution in [-0.2, 0) is 19.4 Å². The van der Waals surface area contributed by atoms with E-state index in [1.165, 1.54) is 11.1 Å². The summed E-state index contributed by atoms with van der Waals surface area (Å²) in [5.41, 5.74) is 3.88. The Kier molecular flexibility index (Phi) is 4.33. The van der Waals surface area contributed by atoms with Gasteiger partial charge in [0.25, 0.3) is 0 Å². The van der Waals surface area contributed by atoms with Gasteiger partial charge in [-0.25, -0.2) is 9.78 Å². The van der Waals surface area contributed by atoms with Crippen molar-refractivity contribution < 1.29 is 4.79 Å². The van der Waals surface area contributed by atoms with Gasteiger partial charge >= 0.3 is 6.03 Å². The molecule has 0 unspecified atom stereocenters. The van der Waals surface area contributed by atoms with Crippen molar-refractivity contribution in [2.75, 3.05) is 26.2 Å². The van der Waals surface area contributed by atoms with E-state index in [0.29, 0.717) is 12.6 Å². The van der Waals surface area contributed by atoms with Crippen LogP contribution < -0.4 is 5.32 Å². The van der Waals surface area contributed by atoms with Gasteiger partial charge < -0.3 is 10.2 Å². The first kappa shape index (κ1) is 16.8. The van der Waals surface area contributed by atoms with E-state index in [9.17, 15) is 4.79 Å². The second-order valence-electron chi connectivity index (χ2n) is 7.34. The van der Waals surface area contributed by atoms with Crippen molar-refractivity contribution in [1.82, 2.24) is 24.5 Å². The topological polar surface area (TPSA) is 52.9 Å². The monoisotopic (exact) mass is 381 g/mol. The molecule has 2 aromatic heterocycles. The zero-order valence-electron chi connectivity index (χ0n) is 15.2. The molecule has 0 atom stereocenters. The normalized spacial score (nSPS) is 18.1. The smallest absolute Gasteiger partial charge is 0.317 e. The summed E-state index contributed by atoms with van der Waals surface area (Å²) in [7, 11) is 0. The summed E-state index contributed by atoms with van der Waals surface area (Å²) in [6.07, 6.45) is 6.24. The molecule has 0 bridgehead atoms. The summed E-state index contributed by atoms with van der Waals surface area (Å²) in [5.74, 6) is 0. The van der Waals surface area contributed by atoms with Gasteiger partial charge in [0.2, 0.25) is 0 Å². The van der Waals surface area contributed by atoms with Crippen LogP contribution in [0.4, 0.5) is 4.79 Å². The molecule has 3 heterocycles. The van der Waals surface area contributed by atoms with Crippen LogP contribution in [0.1, 0.15) is 16.8 Å². The van der Waals surface area contributed by atoms with Crippen LogP contribution >= 0.6 is 11.3 Å². The molecule has 1 aromatic carbocycles. The molecule has 1 aliphatic carbocycles. The lowest BCUT2D eigenvalue weighted by molar-refractivity contribution is 0.110. The van der Waals surface area contributed by atoms with Gasteiger partial charge in [-0.05, 0) is 24.0 Å². The number of hydrogen-bond acceptors (Lipinski definition) is 4. The van der Waals surface area contributed by atoms with E-state index < -0.39 is 0 Å². The van der Waals surface area contributed by atoms with E-state index in [-0.39, 0.29) is 6.03 Å². The van der Waals surface area contributed by atoms with Gasteiger partial charge in [0.15, 0.2) is 4.96 Å². The number of rotatable bonds is 3. The highest BCUT2D eigenvalue weighted by Gasteiger charge is 2.30. The number of nitrogens with one attached hydrogen (secondary N) is 1. The number of thiazole rings is 1. The fourth-order valence-corrected chi connectivity index (χ4v) is 4.94. The fourth-order valence-electron chi connectivity index (χ4n) is 4.22. The van der Waals surface area contributed by atoms with Crippen molar-refractivity contribution in [2.45, 2.75) is 25.4 Å². The maximum Gasteiger partial charge on any atom is 0.317 e. The molecule has 5 rings (SSSR count). The second kappa shape index (κ2) is 6.98. The second-order valence-corrected chi connectivity index (χ2v) is 8.21. The minimum Gasteiger partial charge on any atom is -0.332 e. The molecule has 140 valence electrons. The van der Waals surface area contributed by atoms with E-state index in [2.05, 4.69) is 39.5 Å². The van der Waals surface area contributed by atoms with Crippen LogP contribution in [-0.4, -0.2) is 57.4 Å². The van der Waals surface area contributed by atoms with E-state index in [1.54, 1.807) is 11.3 Å². The molecular formula is C20H23N5OS. The van der Waals surface area contributed by atoms with E-state index in [4.69, 9.17) is 0 Å². The fraction of sp³-hybridized carbons (Fsp3) is 0.400. The number of carbonyl (C=O) groups excluding carboxylic acids is 1. The van der Waals surface area contributed by atoms with Crippen LogP contribution in [0.5, 0.6) is 0 Å². The van der Waals surface area contributed by atoms with Gasteiger partial charge in [-0.2, -0.15) is 0 Å². The molecule has 1 N–H and O–H groups in total. The third-order valence-corrected chi connectivity index (χ3v) is 6.48. The number of nitrogens with zero attached hydrogens (tertiary/aromatic N) is 4. The van der Waals surface area contributed by atoms with E-state index in [0.717, 1.165) is 49.7 Å². The molecule has 1 aliphatic heterocycles. The predicted octanol–water partition coefficient (Wildman–Crippen LogP) is 2.39. The number of benzene rings is 1. The third kappa shape index (κ3) is 3.33. The maximum absolute atomic E-state index is 12.5. The van der Waals surface area contributed by atoms with Gasteiger partial charge in [0.1, 0.15) is 0 Å². The summed E-state index contributed by atoms with van der Waals surface area (Å²) in [6.45, 7) is 3.96. The number of hydrogen-bond donors (Lipinski definition) is 1. The Labute approximate surface area is 162 Å². The highest BCUT2D eigenvalue weighted by atomic mass is 32.1. The Bertz CT molecular complexity index is 903. The zero-order chi connectivity index (χ0) is 18.2. The first-order valence-corrected chi connectivity index (χ1v) is 10.4. The predicted molar refractivity (Wildman–Crippen MR) is 106 cm³/mol. The first-order valence-electron chi connectivity index (χ1n) is 9.51. The lowest BCUT2D eigenvalue weighted by atomic mass is 10.1. The van der Waals surface area contributed by atoms with E-state index >= 15 is 0 Å². The van der Waals surface area contributed by atoms with Crippen molar-refractivity contribution in [2.24, 2.45) is 0 Å². The van der Waals surface area contributed by atoms with Crippen molar-refractivity contribution >= 4 is 22.3 Å². The number of carbonyl (C=O) groups is 1. The maximum atomic E-state index is 12.5. The van der Waals surface area contributed by atoms with Crippen molar-refractivity contribution in [3.8, 4) is 0 Å². The largest absolute Gasteiger partial charge is 0.332 e. The lowest BCUT2D eigenvalue weighted by Crippen LogP contribution is -2.54. The number of imidazole rings is 1. The number of aromatic nitrogens is 2. The standard InChI is InChI=1S/C20H23N5OS/c26-19(21-13-17-14-25-9-10-27-20(25)22-17)24-7-5-23(6-8-24)18-11-15-3-1-2-4-16(15)12-18/h1-4,9-10,14,18H,5-8,11-13H2,(H,21,26). The van der Waals surface area contributed by atoms with E-state index in [1.807, 2.05) is 27.1 Å². The van der Waals surface area contributed by atoms with Gasteiger partial charge in [0.05, 0.1) is 12.2 Å². The summed E-state index contributed by atoms with van der Waals surface area (Å²) in [6, 6.07) is 9.37. The Hall–Kier alpha value is -2.38. The molecule has 1 saturated heterocycles. The summed E-state index contributed by atoms with van der Waals surface area (Å²) >= 11 is 1.60. The molecular weight excluding hydrogens is 358 g/mol. The van der Waals surface area contributed by atoms with Crippen molar-refractivity contribution in [1.29, 1.82) is 0 Å². The van der Waals surface area contributed by atoms with Crippen LogP contribution in [0.3, 0.4) is 0 Å². The highest BCUT2D eigenvalue weighted by Crippen LogP contribution is 2.26. The quantitative estimate of drug-likeness (QED) is 0.758. The molecule has 1 fully saturated rings. The molecule has 2 amide bonds. The molecule has 0 radical (unpaired) electrons. The first-order chi connectivity index (χ1) is 13.3. The Morgan fingerprint density at radius 2 is 1.89 bits per heavy atom. The molecule has 0 spiro atoms. The van der Waals surface area contributed by atoms with Crippen molar-refractivity contribution in [3.05, 3.63) is 58.9 Å². The average Bonchev–Trinajstić information content (AvgIpc) is 3.40. The van der Waals surface area contributed by atoms with Crippen LogP contribution in [0, 0.1) is 0 Å². The van der Waals surface area contributed by atoms with Gasteiger partial charge in [0, 0.05) is 50.0 Å². The summed E-state index contributed by atoms with van der Waals surface area (Å²) < 4.78 is 1.99. The molecule has 0 saturated carbocycles. The van der Waals surface area contributed by atoms with Gasteiger partial charge in [-0.1, -0.05) is 24.3 Å². The third-order valence-electron chi connectivity index (χ3n) is 5.71. The molecule has 6 nitrogen and oxygen atoms in total. The van der Waals surface area contributed by atoms with Crippen LogP contribution in [0.2, 0.25) is 0 Å². The summed E-state index contributed by atoms with van der Waals surface area (Å²) in [4.78, 5) is 22.4. The number of amides is 2. The number of urea groups is 1. The molecule has 27 heavy (non-hydrogen) atoms. The Balaban J connectivity index is 1.11. The Morgan fingerprint density at radius 3 is 2.59 bits per heavy atom. The number of piperazine rings is 1.